The first kappa shape index (κ1) is 12.6. The summed E-state index contributed by atoms with van der Waals surface area (Å²) in [5.41, 5.74) is 9.34. The van der Waals surface area contributed by atoms with Gasteiger partial charge in [0.1, 0.15) is 5.82 Å². The van der Waals surface area contributed by atoms with Crippen LogP contribution in [0.5, 0.6) is 0 Å². The second kappa shape index (κ2) is 4.62. The van der Waals surface area contributed by atoms with Crippen LogP contribution in [-0.2, 0) is 10.2 Å². The molecule has 1 aliphatic heterocycles. The molecule has 0 spiro atoms. The molecule has 4 nitrogen and oxygen atoms in total. The number of aryl methyl sites for hydroxylation is 1. The van der Waals surface area contributed by atoms with E-state index in [-0.39, 0.29) is 5.41 Å². The molecule has 102 valence electrons. The monoisotopic (exact) mass is 259 g/mol. The predicted molar refractivity (Wildman–Crippen MR) is 76.2 cm³/mol. The summed E-state index contributed by atoms with van der Waals surface area (Å²) in [6.07, 6.45) is 1.03. The summed E-state index contributed by atoms with van der Waals surface area (Å²) in [5.74, 6) is 1.49. The van der Waals surface area contributed by atoms with Crippen molar-refractivity contribution in [1.82, 2.24) is 9.97 Å². The van der Waals surface area contributed by atoms with E-state index in [1.165, 1.54) is 5.56 Å². The molecule has 1 saturated heterocycles. The molecule has 0 bridgehead atoms. The summed E-state index contributed by atoms with van der Waals surface area (Å²) in [6.45, 7) is 6.59. The van der Waals surface area contributed by atoms with E-state index in [1.54, 1.807) is 0 Å². The first-order valence-electron chi connectivity index (χ1n) is 6.90. The number of fused-ring (bicyclic) bond motifs is 1. The Morgan fingerprint density at radius 2 is 2.26 bits per heavy atom. The maximum atomic E-state index is 5.72. The summed E-state index contributed by atoms with van der Waals surface area (Å²) in [7, 11) is 0. The zero-order chi connectivity index (χ0) is 13.5. The van der Waals surface area contributed by atoms with Crippen LogP contribution in [0.4, 0.5) is 0 Å². The average Bonchev–Trinajstić information content (AvgIpc) is 2.67. The van der Waals surface area contributed by atoms with Crippen molar-refractivity contribution in [2.24, 2.45) is 11.7 Å². The molecule has 1 fully saturated rings. The molecule has 0 radical (unpaired) electrons. The van der Waals surface area contributed by atoms with Crippen molar-refractivity contribution in [2.75, 3.05) is 19.8 Å². The van der Waals surface area contributed by atoms with Gasteiger partial charge in [0.25, 0.3) is 0 Å². The molecular formula is C15H21N3O. The van der Waals surface area contributed by atoms with Crippen LogP contribution in [0.25, 0.3) is 11.0 Å². The van der Waals surface area contributed by atoms with Gasteiger partial charge in [0.2, 0.25) is 0 Å². The maximum absolute atomic E-state index is 5.72. The SMILES string of the molecule is Cc1nc2ccc(C3(C(C)CCN)COC3)cc2[nH]1. The van der Waals surface area contributed by atoms with Gasteiger partial charge in [0.05, 0.1) is 24.2 Å². The maximum Gasteiger partial charge on any atom is 0.104 e. The predicted octanol–water partition coefficient (Wildman–Crippen LogP) is 2.12. The zero-order valence-electron chi connectivity index (χ0n) is 11.6. The quantitative estimate of drug-likeness (QED) is 0.884. The Morgan fingerprint density at radius 3 is 2.89 bits per heavy atom. The van der Waals surface area contributed by atoms with Crippen molar-refractivity contribution in [1.29, 1.82) is 0 Å². The number of nitrogens with zero attached hydrogens (tertiary/aromatic N) is 1. The Kier molecular flexibility index (Phi) is 3.07. The lowest BCUT2D eigenvalue weighted by molar-refractivity contribution is -0.0882. The van der Waals surface area contributed by atoms with E-state index in [1.807, 2.05) is 6.92 Å². The third-order valence-electron chi connectivity index (χ3n) is 4.44. The molecule has 0 saturated carbocycles. The fourth-order valence-electron chi connectivity index (χ4n) is 3.03. The molecule has 4 heteroatoms. The number of ether oxygens (including phenoxy) is 1. The third-order valence-corrected chi connectivity index (χ3v) is 4.44. The molecule has 2 aromatic rings. The zero-order valence-corrected chi connectivity index (χ0v) is 11.6. The fourth-order valence-corrected chi connectivity index (χ4v) is 3.03. The highest BCUT2D eigenvalue weighted by atomic mass is 16.5. The van der Waals surface area contributed by atoms with E-state index in [0.29, 0.717) is 5.92 Å². The molecule has 19 heavy (non-hydrogen) atoms. The van der Waals surface area contributed by atoms with E-state index in [4.69, 9.17) is 10.5 Å². The van der Waals surface area contributed by atoms with Crippen molar-refractivity contribution < 1.29 is 4.74 Å². The number of rotatable bonds is 4. The van der Waals surface area contributed by atoms with Gasteiger partial charge in [-0.25, -0.2) is 4.98 Å². The minimum absolute atomic E-state index is 0.132. The number of imidazole rings is 1. The molecule has 1 atom stereocenters. The highest BCUT2D eigenvalue weighted by molar-refractivity contribution is 5.76. The van der Waals surface area contributed by atoms with Gasteiger partial charge in [-0.1, -0.05) is 13.0 Å². The van der Waals surface area contributed by atoms with Crippen LogP contribution in [0.2, 0.25) is 0 Å². The van der Waals surface area contributed by atoms with Gasteiger partial charge in [0, 0.05) is 5.41 Å². The molecule has 0 amide bonds. The summed E-state index contributed by atoms with van der Waals surface area (Å²) >= 11 is 0. The Balaban J connectivity index is 2.01. The van der Waals surface area contributed by atoms with E-state index in [2.05, 4.69) is 35.1 Å². The first-order chi connectivity index (χ1) is 9.15. The minimum atomic E-state index is 0.132. The van der Waals surface area contributed by atoms with E-state index < -0.39 is 0 Å². The number of H-pyrrole nitrogens is 1. The van der Waals surface area contributed by atoms with Crippen LogP contribution in [0, 0.1) is 12.8 Å². The minimum Gasteiger partial charge on any atom is -0.379 e. The second-order valence-electron chi connectivity index (χ2n) is 5.68. The lowest BCUT2D eigenvalue weighted by atomic mass is 9.68. The topological polar surface area (TPSA) is 63.9 Å². The van der Waals surface area contributed by atoms with Crippen molar-refractivity contribution in [3.05, 3.63) is 29.6 Å². The summed E-state index contributed by atoms with van der Waals surface area (Å²) < 4.78 is 5.51. The van der Waals surface area contributed by atoms with Crippen LogP contribution in [-0.4, -0.2) is 29.7 Å². The largest absolute Gasteiger partial charge is 0.379 e. The van der Waals surface area contributed by atoms with Crippen LogP contribution in [0.1, 0.15) is 24.7 Å². The standard InChI is InChI=1S/C15H21N3O/c1-10(5-6-16)15(8-19-9-15)12-3-4-13-14(7-12)18-11(2)17-13/h3-4,7,10H,5-6,8-9,16H2,1-2H3,(H,17,18). The average molecular weight is 259 g/mol. The lowest BCUT2D eigenvalue weighted by Gasteiger charge is -2.46. The van der Waals surface area contributed by atoms with Crippen molar-refractivity contribution in [2.45, 2.75) is 25.7 Å². The Hall–Kier alpha value is -1.39. The molecular weight excluding hydrogens is 238 g/mol. The van der Waals surface area contributed by atoms with Crippen LogP contribution >= 0.6 is 0 Å². The molecule has 3 N–H and O–H groups in total. The molecule has 1 aromatic heterocycles. The molecule has 2 heterocycles. The molecule has 0 aliphatic carbocycles. The number of nitrogens with one attached hydrogen (secondary N) is 1. The molecule has 1 aliphatic rings. The van der Waals surface area contributed by atoms with E-state index >= 15 is 0 Å². The van der Waals surface area contributed by atoms with Gasteiger partial charge in [-0.2, -0.15) is 0 Å². The van der Waals surface area contributed by atoms with Crippen molar-refractivity contribution in [3.63, 3.8) is 0 Å². The smallest absolute Gasteiger partial charge is 0.104 e. The molecule has 1 unspecified atom stereocenters. The van der Waals surface area contributed by atoms with Crippen LogP contribution in [0.3, 0.4) is 0 Å². The van der Waals surface area contributed by atoms with Crippen LogP contribution in [0.15, 0.2) is 18.2 Å². The first-order valence-corrected chi connectivity index (χ1v) is 6.90. The number of aromatic nitrogens is 2. The van der Waals surface area contributed by atoms with Crippen molar-refractivity contribution in [3.8, 4) is 0 Å². The molecule has 1 aromatic carbocycles. The third kappa shape index (κ3) is 1.95. The number of benzene rings is 1. The summed E-state index contributed by atoms with van der Waals surface area (Å²) in [5, 5.41) is 0. The fraction of sp³-hybridized carbons (Fsp3) is 0.533. The van der Waals surface area contributed by atoms with E-state index in [0.717, 1.165) is 43.0 Å². The summed E-state index contributed by atoms with van der Waals surface area (Å²) in [6, 6.07) is 6.52. The normalized spacial score (nSPS) is 19.3. The number of hydrogen-bond acceptors (Lipinski definition) is 3. The van der Waals surface area contributed by atoms with E-state index in [9.17, 15) is 0 Å². The lowest BCUT2D eigenvalue weighted by Crippen LogP contribution is -2.52. The highest BCUT2D eigenvalue weighted by Gasteiger charge is 2.44. The number of aromatic amines is 1. The van der Waals surface area contributed by atoms with Gasteiger partial charge in [-0.3, -0.25) is 0 Å². The van der Waals surface area contributed by atoms with Gasteiger partial charge in [0.15, 0.2) is 0 Å². The Bertz CT molecular complexity index is 586. The summed E-state index contributed by atoms with van der Waals surface area (Å²) in [4.78, 5) is 7.77. The second-order valence-corrected chi connectivity index (χ2v) is 5.68. The highest BCUT2D eigenvalue weighted by Crippen LogP contribution is 2.41. The number of hydrogen-bond donors (Lipinski definition) is 2. The number of nitrogens with two attached hydrogens (primary N) is 1. The van der Waals surface area contributed by atoms with Gasteiger partial charge < -0.3 is 15.5 Å². The van der Waals surface area contributed by atoms with Crippen LogP contribution < -0.4 is 5.73 Å². The van der Waals surface area contributed by atoms with Crippen molar-refractivity contribution >= 4 is 11.0 Å². The van der Waals surface area contributed by atoms with Gasteiger partial charge in [-0.15, -0.1) is 0 Å². The Morgan fingerprint density at radius 1 is 1.47 bits per heavy atom. The van der Waals surface area contributed by atoms with Gasteiger partial charge in [-0.05, 0) is 43.5 Å². The Labute approximate surface area is 113 Å². The molecule has 3 rings (SSSR count). The van der Waals surface area contributed by atoms with Gasteiger partial charge >= 0.3 is 0 Å².